The summed E-state index contributed by atoms with van der Waals surface area (Å²) in [5.74, 6) is -3.14. The normalized spacial score (nSPS) is 11.0. The van der Waals surface area contributed by atoms with E-state index in [4.69, 9.17) is 4.74 Å². The molecule has 0 aliphatic rings. The Morgan fingerprint density at radius 2 is 1.24 bits per heavy atom. The molecular formula is C33H31F3O2. The maximum Gasteiger partial charge on any atom is 0.346 e. The third-order valence-electron chi connectivity index (χ3n) is 6.58. The van der Waals surface area contributed by atoms with Crippen LogP contribution >= 0.6 is 0 Å². The van der Waals surface area contributed by atoms with E-state index in [9.17, 15) is 13.6 Å². The van der Waals surface area contributed by atoms with Crippen LogP contribution in [0.5, 0.6) is 5.75 Å². The second-order valence-electron chi connectivity index (χ2n) is 9.42. The van der Waals surface area contributed by atoms with Crippen molar-refractivity contribution in [3.05, 3.63) is 113 Å². The molecule has 0 fully saturated rings. The van der Waals surface area contributed by atoms with Crippen molar-refractivity contribution in [3.63, 3.8) is 0 Å². The Balaban J connectivity index is 1.47. The van der Waals surface area contributed by atoms with Crippen LogP contribution in [0.3, 0.4) is 0 Å². The Morgan fingerprint density at radius 3 is 1.79 bits per heavy atom. The van der Waals surface area contributed by atoms with Crippen LogP contribution in [0.25, 0.3) is 22.3 Å². The molecule has 0 saturated carbocycles. The van der Waals surface area contributed by atoms with Crippen molar-refractivity contribution in [3.8, 4) is 28.0 Å². The van der Waals surface area contributed by atoms with Crippen LogP contribution in [-0.2, 0) is 12.8 Å². The van der Waals surface area contributed by atoms with Gasteiger partial charge in [0.05, 0.1) is 5.56 Å². The van der Waals surface area contributed by atoms with Gasteiger partial charge in [-0.15, -0.1) is 0 Å². The summed E-state index contributed by atoms with van der Waals surface area (Å²) in [7, 11) is 0. The van der Waals surface area contributed by atoms with Crippen LogP contribution < -0.4 is 4.74 Å². The van der Waals surface area contributed by atoms with Crippen molar-refractivity contribution < 1.29 is 22.7 Å². The van der Waals surface area contributed by atoms with Gasteiger partial charge in [0, 0.05) is 11.1 Å². The fourth-order valence-corrected chi connectivity index (χ4v) is 4.46. The van der Waals surface area contributed by atoms with Gasteiger partial charge < -0.3 is 4.74 Å². The molecule has 196 valence electrons. The molecule has 4 aromatic carbocycles. The lowest BCUT2D eigenvalue weighted by Crippen LogP contribution is -2.11. The third-order valence-corrected chi connectivity index (χ3v) is 6.58. The Bertz CT molecular complexity index is 1390. The number of aryl methyl sites for hydroxylation is 2. The van der Waals surface area contributed by atoms with Gasteiger partial charge in [0.25, 0.3) is 0 Å². The molecule has 0 unspecified atom stereocenters. The second kappa shape index (κ2) is 12.6. The van der Waals surface area contributed by atoms with E-state index in [0.717, 1.165) is 49.7 Å². The van der Waals surface area contributed by atoms with Crippen molar-refractivity contribution in [1.29, 1.82) is 0 Å². The molecular weight excluding hydrogens is 485 g/mol. The zero-order valence-corrected chi connectivity index (χ0v) is 21.7. The zero-order chi connectivity index (χ0) is 27.1. The monoisotopic (exact) mass is 516 g/mol. The van der Waals surface area contributed by atoms with Gasteiger partial charge in [0.1, 0.15) is 11.6 Å². The number of benzene rings is 4. The fourth-order valence-electron chi connectivity index (χ4n) is 4.46. The molecule has 5 heteroatoms. The molecule has 0 aliphatic carbocycles. The van der Waals surface area contributed by atoms with Crippen LogP contribution in [0.15, 0.2) is 78.9 Å². The predicted molar refractivity (Wildman–Crippen MR) is 146 cm³/mol. The van der Waals surface area contributed by atoms with Crippen molar-refractivity contribution in [2.24, 2.45) is 0 Å². The van der Waals surface area contributed by atoms with E-state index in [0.29, 0.717) is 11.1 Å². The summed E-state index contributed by atoms with van der Waals surface area (Å²) in [6, 6.07) is 21.1. The summed E-state index contributed by atoms with van der Waals surface area (Å²) in [6.45, 7) is 4.19. The number of unbranched alkanes of at least 4 members (excludes halogenated alkanes) is 2. The minimum Gasteiger partial charge on any atom is -0.423 e. The van der Waals surface area contributed by atoms with E-state index in [1.165, 1.54) is 42.5 Å². The van der Waals surface area contributed by atoms with Crippen molar-refractivity contribution in [2.75, 3.05) is 0 Å². The lowest BCUT2D eigenvalue weighted by molar-refractivity contribution is 0.0730. The number of hydrogen-bond acceptors (Lipinski definition) is 2. The molecule has 4 aromatic rings. The van der Waals surface area contributed by atoms with E-state index < -0.39 is 23.4 Å². The third kappa shape index (κ3) is 6.34. The summed E-state index contributed by atoms with van der Waals surface area (Å²) >= 11 is 0. The number of esters is 1. The maximum absolute atomic E-state index is 15.0. The van der Waals surface area contributed by atoms with Gasteiger partial charge in [-0.2, -0.15) is 0 Å². The fraction of sp³-hybridized carbons (Fsp3) is 0.242. The Hall–Kier alpha value is -3.86. The van der Waals surface area contributed by atoms with E-state index >= 15 is 4.39 Å². The lowest BCUT2D eigenvalue weighted by Gasteiger charge is -2.11. The summed E-state index contributed by atoms with van der Waals surface area (Å²) < 4.78 is 49.9. The summed E-state index contributed by atoms with van der Waals surface area (Å²) in [6.07, 6.45) is 5.80. The summed E-state index contributed by atoms with van der Waals surface area (Å²) in [5, 5.41) is 0. The number of rotatable bonds is 10. The molecule has 0 aliphatic heterocycles. The maximum atomic E-state index is 15.0. The SMILES string of the molecule is CCCCCc1ccc(C(=O)Oc2ccc(-c3ccc(-c4ccc(CCC)cc4)c(F)c3F)cc2)c(F)c1. The molecule has 0 amide bonds. The van der Waals surface area contributed by atoms with Crippen LogP contribution in [0, 0.1) is 17.5 Å². The molecule has 0 N–H and O–H groups in total. The highest BCUT2D eigenvalue weighted by atomic mass is 19.2. The number of carbonyl (C=O) groups excluding carboxylic acids is 1. The van der Waals surface area contributed by atoms with Gasteiger partial charge in [0.2, 0.25) is 0 Å². The first-order valence-corrected chi connectivity index (χ1v) is 13.1. The van der Waals surface area contributed by atoms with Crippen molar-refractivity contribution in [2.45, 2.75) is 52.4 Å². The molecule has 0 heterocycles. The molecule has 0 saturated heterocycles. The van der Waals surface area contributed by atoms with Crippen LogP contribution in [-0.4, -0.2) is 5.97 Å². The zero-order valence-electron chi connectivity index (χ0n) is 21.7. The molecule has 0 atom stereocenters. The first-order chi connectivity index (χ1) is 18.4. The topological polar surface area (TPSA) is 26.3 Å². The molecule has 4 rings (SSSR count). The predicted octanol–water partition coefficient (Wildman–Crippen LogP) is 9.34. The highest BCUT2D eigenvalue weighted by Gasteiger charge is 2.18. The average Bonchev–Trinajstić information content (AvgIpc) is 2.92. The van der Waals surface area contributed by atoms with E-state index in [2.05, 4.69) is 13.8 Å². The lowest BCUT2D eigenvalue weighted by atomic mass is 9.97. The van der Waals surface area contributed by atoms with E-state index in [1.54, 1.807) is 24.3 Å². The largest absolute Gasteiger partial charge is 0.423 e. The van der Waals surface area contributed by atoms with Gasteiger partial charge in [-0.3, -0.25) is 0 Å². The minimum atomic E-state index is -0.953. The van der Waals surface area contributed by atoms with E-state index in [-0.39, 0.29) is 22.4 Å². The minimum absolute atomic E-state index is 0.0939. The van der Waals surface area contributed by atoms with Gasteiger partial charge in [0.15, 0.2) is 11.6 Å². The molecule has 2 nitrogen and oxygen atoms in total. The number of hydrogen-bond donors (Lipinski definition) is 0. The molecule has 0 aromatic heterocycles. The number of carbonyl (C=O) groups is 1. The van der Waals surface area contributed by atoms with Gasteiger partial charge in [-0.1, -0.05) is 87.7 Å². The van der Waals surface area contributed by atoms with Crippen molar-refractivity contribution >= 4 is 5.97 Å². The summed E-state index contributed by atoms with van der Waals surface area (Å²) in [5.41, 5.74) is 3.15. The van der Waals surface area contributed by atoms with Gasteiger partial charge in [-0.05, 0) is 65.8 Å². The quantitative estimate of drug-likeness (QED) is 0.119. The Kier molecular flexibility index (Phi) is 9.01. The molecule has 0 spiro atoms. The first-order valence-electron chi connectivity index (χ1n) is 13.1. The average molecular weight is 517 g/mol. The summed E-state index contributed by atoms with van der Waals surface area (Å²) in [4.78, 5) is 12.5. The smallest absolute Gasteiger partial charge is 0.346 e. The number of ether oxygens (including phenoxy) is 1. The second-order valence-corrected chi connectivity index (χ2v) is 9.42. The van der Waals surface area contributed by atoms with E-state index in [1.807, 2.05) is 12.1 Å². The molecule has 38 heavy (non-hydrogen) atoms. The molecule has 0 bridgehead atoms. The Morgan fingerprint density at radius 1 is 0.658 bits per heavy atom. The molecule has 0 radical (unpaired) electrons. The van der Waals surface area contributed by atoms with Crippen LogP contribution in [0.2, 0.25) is 0 Å². The standard InChI is InChI=1S/C33H31F3O2/c1-3-5-6-8-23-11-18-29(30(34)21-23)33(37)38-26-16-14-25(15-17-26)28-20-19-27(31(35)32(28)36)24-12-9-22(7-4-2)10-13-24/h9-21H,3-8H2,1-2H3. The Labute approximate surface area is 222 Å². The van der Waals surface area contributed by atoms with Crippen LogP contribution in [0.1, 0.15) is 61.0 Å². The highest BCUT2D eigenvalue weighted by molar-refractivity contribution is 5.91. The number of halogens is 3. The van der Waals surface area contributed by atoms with Gasteiger partial charge >= 0.3 is 5.97 Å². The van der Waals surface area contributed by atoms with Gasteiger partial charge in [-0.25, -0.2) is 18.0 Å². The van der Waals surface area contributed by atoms with Crippen molar-refractivity contribution in [1.82, 2.24) is 0 Å². The highest BCUT2D eigenvalue weighted by Crippen LogP contribution is 2.32. The first kappa shape index (κ1) is 27.2. The van der Waals surface area contributed by atoms with Crippen LogP contribution in [0.4, 0.5) is 13.2 Å².